The minimum atomic E-state index is 0.406. The van der Waals surface area contributed by atoms with Gasteiger partial charge in [-0.15, -0.1) is 11.3 Å². The van der Waals surface area contributed by atoms with Crippen molar-refractivity contribution in [1.82, 2.24) is 4.98 Å². The van der Waals surface area contributed by atoms with E-state index in [4.69, 9.17) is 11.6 Å². The summed E-state index contributed by atoms with van der Waals surface area (Å²) < 4.78 is 0. The van der Waals surface area contributed by atoms with Gasteiger partial charge in [-0.25, -0.2) is 4.98 Å². The van der Waals surface area contributed by atoms with Crippen LogP contribution in [0.25, 0.3) is 10.6 Å². The zero-order valence-corrected chi connectivity index (χ0v) is 10.7. The average Bonchev–Trinajstić information content (AvgIpc) is 2.78. The number of thiazole rings is 1. The summed E-state index contributed by atoms with van der Waals surface area (Å²) in [7, 11) is 0. The molecule has 2 nitrogen and oxygen atoms in total. The van der Waals surface area contributed by atoms with Gasteiger partial charge in [0, 0.05) is 5.38 Å². The summed E-state index contributed by atoms with van der Waals surface area (Å²) in [6.45, 7) is 1.91. The van der Waals surface area contributed by atoms with Gasteiger partial charge in [0.15, 0.2) is 0 Å². The zero-order valence-electron chi connectivity index (χ0n) is 9.14. The Bertz CT molecular complexity index is 593. The molecule has 0 unspecified atom stereocenters. The van der Waals surface area contributed by atoms with Gasteiger partial charge >= 0.3 is 0 Å². The lowest BCUT2D eigenvalue weighted by atomic mass is 10.1. The number of halogens is 1. The van der Waals surface area contributed by atoms with Crippen LogP contribution in [-0.2, 0) is 0 Å². The smallest absolute Gasteiger partial charge is 0.101 e. The highest BCUT2D eigenvalue weighted by molar-refractivity contribution is 7.09. The molecule has 84 valence electrons. The van der Waals surface area contributed by atoms with E-state index in [0.29, 0.717) is 16.3 Å². The molecule has 0 aliphatic heterocycles. The topological polar surface area (TPSA) is 36.7 Å². The predicted molar refractivity (Wildman–Crippen MR) is 71.6 cm³/mol. The number of hydrogen-bond donors (Lipinski definition) is 0. The molecule has 17 heavy (non-hydrogen) atoms. The third-order valence-electron chi connectivity index (χ3n) is 2.24. The van der Waals surface area contributed by atoms with E-state index in [2.05, 4.69) is 11.1 Å². The van der Waals surface area contributed by atoms with Crippen LogP contribution in [0.4, 0.5) is 0 Å². The molecule has 4 heteroatoms. The maximum Gasteiger partial charge on any atom is 0.101 e. The van der Waals surface area contributed by atoms with Gasteiger partial charge in [0.2, 0.25) is 0 Å². The third-order valence-corrected chi connectivity index (χ3v) is 3.39. The fraction of sp³-hybridized carbons (Fsp3) is 0.0769. The number of nitrogens with zero attached hydrogens (tertiary/aromatic N) is 2. The molecule has 0 N–H and O–H groups in total. The number of aromatic nitrogens is 1. The van der Waals surface area contributed by atoms with Crippen molar-refractivity contribution in [1.29, 1.82) is 5.26 Å². The molecule has 2 rings (SSSR count). The van der Waals surface area contributed by atoms with Crippen molar-refractivity contribution in [3.8, 4) is 6.07 Å². The number of hydrogen-bond acceptors (Lipinski definition) is 3. The summed E-state index contributed by atoms with van der Waals surface area (Å²) in [5.74, 6) is 0. The molecule has 0 saturated heterocycles. The molecule has 0 aliphatic rings. The summed E-state index contributed by atoms with van der Waals surface area (Å²) in [4.78, 5) is 4.28. The molecule has 2 aromatic rings. The minimum absolute atomic E-state index is 0.406. The quantitative estimate of drug-likeness (QED) is 0.763. The molecule has 0 bridgehead atoms. The number of allylic oxidation sites excluding steroid dienone is 1. The molecule has 1 aromatic carbocycles. The SMILES string of the molecule is Cc1nc(/C(Cl)=C(/C#N)c2ccccc2)cs1. The molecule has 0 amide bonds. The van der Waals surface area contributed by atoms with Gasteiger partial charge < -0.3 is 0 Å². The van der Waals surface area contributed by atoms with Gasteiger partial charge in [-0.2, -0.15) is 5.26 Å². The van der Waals surface area contributed by atoms with Crippen LogP contribution >= 0.6 is 22.9 Å². The van der Waals surface area contributed by atoms with Crippen molar-refractivity contribution in [2.45, 2.75) is 6.92 Å². The van der Waals surface area contributed by atoms with Crippen LogP contribution in [0.2, 0.25) is 0 Å². The lowest BCUT2D eigenvalue weighted by Gasteiger charge is -2.01. The predicted octanol–water partition coefficient (Wildman–Crippen LogP) is 4.08. The fourth-order valence-corrected chi connectivity index (χ4v) is 2.35. The Morgan fingerprint density at radius 1 is 1.35 bits per heavy atom. The van der Waals surface area contributed by atoms with E-state index in [-0.39, 0.29) is 0 Å². The second kappa shape index (κ2) is 5.13. The van der Waals surface area contributed by atoms with Crippen LogP contribution in [0.15, 0.2) is 35.7 Å². The van der Waals surface area contributed by atoms with Gasteiger partial charge in [-0.3, -0.25) is 0 Å². The Hall–Kier alpha value is -1.63. The van der Waals surface area contributed by atoms with E-state index in [1.165, 1.54) is 11.3 Å². The van der Waals surface area contributed by atoms with Gasteiger partial charge in [-0.05, 0) is 12.5 Å². The van der Waals surface area contributed by atoms with Gasteiger partial charge in [0.25, 0.3) is 0 Å². The molecule has 0 saturated carbocycles. The van der Waals surface area contributed by atoms with E-state index >= 15 is 0 Å². The van der Waals surface area contributed by atoms with Crippen LogP contribution in [0.5, 0.6) is 0 Å². The van der Waals surface area contributed by atoms with Crippen LogP contribution in [0.1, 0.15) is 16.3 Å². The van der Waals surface area contributed by atoms with E-state index in [9.17, 15) is 5.26 Å². The maximum absolute atomic E-state index is 9.20. The number of benzene rings is 1. The first-order chi connectivity index (χ1) is 8.22. The van der Waals surface area contributed by atoms with E-state index in [1.54, 1.807) is 0 Å². The van der Waals surface area contributed by atoms with Crippen molar-refractivity contribution in [3.63, 3.8) is 0 Å². The molecule has 0 fully saturated rings. The lowest BCUT2D eigenvalue weighted by molar-refractivity contribution is 1.27. The van der Waals surface area contributed by atoms with E-state index in [0.717, 1.165) is 10.6 Å². The fourth-order valence-electron chi connectivity index (χ4n) is 1.44. The zero-order chi connectivity index (χ0) is 12.3. The van der Waals surface area contributed by atoms with Crippen LogP contribution < -0.4 is 0 Å². The molecular weight excluding hydrogens is 252 g/mol. The molecule has 1 aromatic heterocycles. The molecular formula is C13H9ClN2S. The van der Waals surface area contributed by atoms with E-state index in [1.807, 2.05) is 42.6 Å². The Kier molecular flexibility index (Phi) is 3.58. The minimum Gasteiger partial charge on any atom is -0.241 e. The van der Waals surface area contributed by atoms with Crippen molar-refractivity contribution >= 4 is 33.5 Å². The summed E-state index contributed by atoms with van der Waals surface area (Å²) in [5, 5.41) is 12.4. The van der Waals surface area contributed by atoms with Gasteiger partial charge in [0.1, 0.15) is 6.07 Å². The van der Waals surface area contributed by atoms with Crippen LogP contribution in [0, 0.1) is 18.3 Å². The number of nitriles is 1. The van der Waals surface area contributed by atoms with E-state index < -0.39 is 0 Å². The molecule has 0 spiro atoms. The van der Waals surface area contributed by atoms with Crippen molar-refractivity contribution < 1.29 is 0 Å². The first kappa shape index (κ1) is 11.8. The first-order valence-electron chi connectivity index (χ1n) is 5.00. The van der Waals surface area contributed by atoms with Crippen molar-refractivity contribution in [2.24, 2.45) is 0 Å². The number of rotatable bonds is 2. The molecule has 0 atom stereocenters. The van der Waals surface area contributed by atoms with Crippen molar-refractivity contribution in [2.75, 3.05) is 0 Å². The normalized spacial score (nSPS) is 11.8. The first-order valence-corrected chi connectivity index (χ1v) is 6.26. The maximum atomic E-state index is 9.20. The highest BCUT2D eigenvalue weighted by atomic mass is 35.5. The molecule has 0 aliphatic carbocycles. The lowest BCUT2D eigenvalue weighted by Crippen LogP contribution is -1.86. The summed E-state index contributed by atoms with van der Waals surface area (Å²) in [6, 6.07) is 11.5. The monoisotopic (exact) mass is 260 g/mol. The number of aryl methyl sites for hydroxylation is 1. The Labute approximate surface area is 109 Å². The average molecular weight is 261 g/mol. The second-order valence-corrected chi connectivity index (χ2v) is 4.86. The highest BCUT2D eigenvalue weighted by Crippen LogP contribution is 2.29. The van der Waals surface area contributed by atoms with Crippen LogP contribution in [0.3, 0.4) is 0 Å². The van der Waals surface area contributed by atoms with Gasteiger partial charge in [0.05, 0.1) is 21.3 Å². The van der Waals surface area contributed by atoms with Gasteiger partial charge in [-0.1, -0.05) is 41.9 Å². The van der Waals surface area contributed by atoms with Crippen LogP contribution in [-0.4, -0.2) is 4.98 Å². The van der Waals surface area contributed by atoms with Crippen molar-refractivity contribution in [3.05, 3.63) is 52.0 Å². The second-order valence-electron chi connectivity index (χ2n) is 3.42. The Balaban J connectivity index is 2.52. The highest BCUT2D eigenvalue weighted by Gasteiger charge is 2.11. The largest absolute Gasteiger partial charge is 0.241 e. The Morgan fingerprint density at radius 3 is 2.59 bits per heavy atom. The summed E-state index contributed by atoms with van der Waals surface area (Å²) in [5.41, 5.74) is 1.93. The summed E-state index contributed by atoms with van der Waals surface area (Å²) in [6.07, 6.45) is 0. The summed E-state index contributed by atoms with van der Waals surface area (Å²) >= 11 is 7.74. The Morgan fingerprint density at radius 2 is 2.06 bits per heavy atom. The standard InChI is InChI=1S/C13H9ClN2S/c1-9-16-12(8-17-9)13(14)11(7-15)10-5-3-2-4-6-10/h2-6,8H,1H3/b13-11+. The molecule has 1 heterocycles. The molecule has 0 radical (unpaired) electrons. The third kappa shape index (κ3) is 2.55.